The van der Waals surface area contributed by atoms with Gasteiger partial charge in [0.05, 0.1) is 11.7 Å². The molecule has 1 atom stereocenters. The molecule has 3 rings (SSSR count). The minimum absolute atomic E-state index is 0.387. The third-order valence-corrected chi connectivity index (χ3v) is 4.25. The van der Waals surface area contributed by atoms with Crippen molar-refractivity contribution >= 4 is 28.7 Å². The van der Waals surface area contributed by atoms with Crippen LogP contribution in [0.4, 0.5) is 11.4 Å². The maximum Gasteiger partial charge on any atom is 0.192 e. The standard InChI is InChI=1S/C18H21N3S/c1-15-9-8-14-20(17-12-6-3-7-13-17)21(15)18(22)19-16-10-4-2-5-11-16/h2-7,10-13,15H,8-9,14H2,1H3,(H,19,22). The van der Waals surface area contributed by atoms with E-state index in [4.69, 9.17) is 12.2 Å². The lowest BCUT2D eigenvalue weighted by Crippen LogP contribution is -2.56. The number of hydrogen-bond donors (Lipinski definition) is 1. The average Bonchev–Trinajstić information content (AvgIpc) is 2.56. The Morgan fingerprint density at radius 1 is 1.05 bits per heavy atom. The molecule has 2 aromatic carbocycles. The number of hydrazine groups is 1. The van der Waals surface area contributed by atoms with Gasteiger partial charge < -0.3 is 5.32 Å². The first kappa shape index (κ1) is 14.9. The van der Waals surface area contributed by atoms with Crippen molar-refractivity contribution in [3.63, 3.8) is 0 Å². The highest BCUT2D eigenvalue weighted by atomic mass is 32.1. The summed E-state index contributed by atoms with van der Waals surface area (Å²) in [5.41, 5.74) is 2.21. The molecule has 1 N–H and O–H groups in total. The van der Waals surface area contributed by atoms with Gasteiger partial charge in [-0.2, -0.15) is 0 Å². The monoisotopic (exact) mass is 311 g/mol. The van der Waals surface area contributed by atoms with Crippen molar-refractivity contribution < 1.29 is 0 Å². The molecule has 114 valence electrons. The van der Waals surface area contributed by atoms with Gasteiger partial charge in [0.2, 0.25) is 0 Å². The maximum atomic E-state index is 5.68. The van der Waals surface area contributed by atoms with Gasteiger partial charge in [-0.25, -0.2) is 0 Å². The molecule has 1 unspecified atom stereocenters. The second-order valence-electron chi connectivity index (χ2n) is 5.59. The van der Waals surface area contributed by atoms with Crippen LogP contribution in [0.15, 0.2) is 60.7 Å². The number of anilines is 2. The van der Waals surface area contributed by atoms with Gasteiger partial charge in [0.15, 0.2) is 5.11 Å². The lowest BCUT2D eigenvalue weighted by molar-refractivity contribution is 0.248. The fourth-order valence-corrected chi connectivity index (χ4v) is 3.27. The van der Waals surface area contributed by atoms with Gasteiger partial charge in [0.25, 0.3) is 0 Å². The van der Waals surface area contributed by atoms with E-state index in [-0.39, 0.29) is 0 Å². The Balaban J connectivity index is 1.82. The second-order valence-corrected chi connectivity index (χ2v) is 5.98. The molecule has 0 aliphatic carbocycles. The van der Waals surface area contributed by atoms with E-state index in [0.29, 0.717) is 6.04 Å². The summed E-state index contributed by atoms with van der Waals surface area (Å²) in [6, 6.07) is 20.9. The van der Waals surface area contributed by atoms with Crippen LogP contribution in [0.5, 0.6) is 0 Å². The van der Waals surface area contributed by atoms with E-state index in [1.807, 2.05) is 36.4 Å². The third kappa shape index (κ3) is 3.22. The second kappa shape index (κ2) is 6.79. The van der Waals surface area contributed by atoms with Crippen molar-refractivity contribution in [2.24, 2.45) is 0 Å². The van der Waals surface area contributed by atoms with E-state index in [1.165, 1.54) is 12.1 Å². The van der Waals surface area contributed by atoms with Crippen LogP contribution in [-0.2, 0) is 0 Å². The molecule has 2 aromatic rings. The van der Waals surface area contributed by atoms with Crippen LogP contribution >= 0.6 is 12.2 Å². The summed E-state index contributed by atoms with van der Waals surface area (Å²) in [7, 11) is 0. The van der Waals surface area contributed by atoms with Crippen molar-refractivity contribution in [2.45, 2.75) is 25.8 Å². The molecule has 1 aliphatic heterocycles. The molecule has 0 bridgehead atoms. The van der Waals surface area contributed by atoms with Crippen molar-refractivity contribution in [2.75, 3.05) is 16.9 Å². The number of hydrogen-bond acceptors (Lipinski definition) is 2. The Labute approximate surface area is 137 Å². The summed E-state index contributed by atoms with van der Waals surface area (Å²) in [5, 5.41) is 8.60. The number of benzene rings is 2. The van der Waals surface area contributed by atoms with E-state index in [9.17, 15) is 0 Å². The number of thiocarbonyl (C=S) groups is 1. The molecule has 0 spiro atoms. The van der Waals surface area contributed by atoms with Crippen LogP contribution < -0.4 is 10.3 Å². The predicted octanol–water partition coefficient (Wildman–Crippen LogP) is 4.29. The Bertz CT molecular complexity index is 615. The number of nitrogens with one attached hydrogen (secondary N) is 1. The molecular weight excluding hydrogens is 290 g/mol. The first-order valence-corrected chi connectivity index (χ1v) is 8.14. The first-order valence-electron chi connectivity index (χ1n) is 7.73. The van der Waals surface area contributed by atoms with Crippen LogP contribution in [-0.4, -0.2) is 22.7 Å². The van der Waals surface area contributed by atoms with Crippen LogP contribution in [0.3, 0.4) is 0 Å². The Morgan fingerprint density at radius 3 is 2.36 bits per heavy atom. The number of nitrogens with zero attached hydrogens (tertiary/aromatic N) is 2. The summed E-state index contributed by atoms with van der Waals surface area (Å²) >= 11 is 5.68. The zero-order valence-electron chi connectivity index (χ0n) is 12.8. The molecule has 1 fully saturated rings. The minimum Gasteiger partial charge on any atom is -0.331 e. The van der Waals surface area contributed by atoms with E-state index < -0.39 is 0 Å². The maximum absolute atomic E-state index is 5.68. The summed E-state index contributed by atoms with van der Waals surface area (Å²) in [5.74, 6) is 0. The molecule has 1 heterocycles. The number of para-hydroxylation sites is 2. The van der Waals surface area contributed by atoms with E-state index in [1.54, 1.807) is 0 Å². The third-order valence-electron chi connectivity index (χ3n) is 3.96. The predicted molar refractivity (Wildman–Crippen MR) is 97.0 cm³/mol. The number of rotatable bonds is 2. The van der Waals surface area contributed by atoms with Crippen LogP contribution in [0.1, 0.15) is 19.8 Å². The molecule has 1 aliphatic rings. The van der Waals surface area contributed by atoms with Crippen molar-refractivity contribution in [1.29, 1.82) is 0 Å². The highest BCUT2D eigenvalue weighted by molar-refractivity contribution is 7.80. The van der Waals surface area contributed by atoms with E-state index in [2.05, 4.69) is 46.5 Å². The Kier molecular flexibility index (Phi) is 4.59. The fourth-order valence-electron chi connectivity index (χ4n) is 2.87. The normalized spacial score (nSPS) is 18.1. The SMILES string of the molecule is CC1CCCN(c2ccccc2)N1C(=S)Nc1ccccc1. The molecule has 22 heavy (non-hydrogen) atoms. The van der Waals surface area contributed by atoms with E-state index in [0.717, 1.165) is 23.8 Å². The lowest BCUT2D eigenvalue weighted by atomic mass is 10.1. The molecule has 0 aromatic heterocycles. The highest BCUT2D eigenvalue weighted by Gasteiger charge is 2.28. The minimum atomic E-state index is 0.387. The van der Waals surface area contributed by atoms with Crippen LogP contribution in [0.25, 0.3) is 0 Å². The molecular formula is C18H21N3S. The van der Waals surface area contributed by atoms with Gasteiger partial charge in [-0.05, 0) is 56.2 Å². The molecule has 0 saturated carbocycles. The molecule has 0 radical (unpaired) electrons. The topological polar surface area (TPSA) is 18.5 Å². The largest absolute Gasteiger partial charge is 0.331 e. The fraction of sp³-hybridized carbons (Fsp3) is 0.278. The van der Waals surface area contributed by atoms with Crippen molar-refractivity contribution in [1.82, 2.24) is 5.01 Å². The molecule has 0 amide bonds. The zero-order chi connectivity index (χ0) is 15.4. The van der Waals surface area contributed by atoms with Gasteiger partial charge in [0, 0.05) is 12.2 Å². The van der Waals surface area contributed by atoms with Crippen LogP contribution in [0.2, 0.25) is 0 Å². The molecule has 1 saturated heterocycles. The zero-order valence-corrected chi connectivity index (χ0v) is 13.6. The van der Waals surface area contributed by atoms with E-state index >= 15 is 0 Å². The van der Waals surface area contributed by atoms with Crippen LogP contribution in [0, 0.1) is 0 Å². The van der Waals surface area contributed by atoms with Gasteiger partial charge in [-0.1, -0.05) is 36.4 Å². The Hall–Kier alpha value is -2.07. The summed E-state index contributed by atoms with van der Waals surface area (Å²) < 4.78 is 0. The quantitative estimate of drug-likeness (QED) is 0.834. The van der Waals surface area contributed by atoms with Crippen molar-refractivity contribution in [3.8, 4) is 0 Å². The Morgan fingerprint density at radius 2 is 1.68 bits per heavy atom. The average molecular weight is 311 g/mol. The van der Waals surface area contributed by atoms with Gasteiger partial charge in [0.1, 0.15) is 0 Å². The first-order chi connectivity index (χ1) is 10.8. The van der Waals surface area contributed by atoms with Gasteiger partial charge in [-0.3, -0.25) is 10.0 Å². The van der Waals surface area contributed by atoms with Gasteiger partial charge in [-0.15, -0.1) is 0 Å². The smallest absolute Gasteiger partial charge is 0.192 e. The van der Waals surface area contributed by atoms with Crippen molar-refractivity contribution in [3.05, 3.63) is 60.7 Å². The highest BCUT2D eigenvalue weighted by Crippen LogP contribution is 2.25. The summed E-state index contributed by atoms with van der Waals surface area (Å²) in [4.78, 5) is 0. The molecule has 3 nitrogen and oxygen atoms in total. The lowest BCUT2D eigenvalue weighted by Gasteiger charge is -2.45. The molecule has 4 heteroatoms. The van der Waals surface area contributed by atoms with Gasteiger partial charge >= 0.3 is 0 Å². The summed E-state index contributed by atoms with van der Waals surface area (Å²) in [6.07, 6.45) is 2.33. The summed E-state index contributed by atoms with van der Waals surface area (Å²) in [6.45, 7) is 3.22.